The number of epoxide rings is 2. The van der Waals surface area contributed by atoms with Crippen LogP contribution in [0.2, 0.25) is 36.3 Å². The van der Waals surface area contributed by atoms with E-state index in [9.17, 15) is 19.1 Å². The summed E-state index contributed by atoms with van der Waals surface area (Å²) in [5.74, 6) is -0.777. The zero-order valence-corrected chi connectivity index (χ0v) is 37.0. The lowest BCUT2D eigenvalue weighted by molar-refractivity contribution is 0.0464. The topological polar surface area (TPSA) is 116 Å². The minimum atomic E-state index is -2.02. The van der Waals surface area contributed by atoms with Gasteiger partial charge in [-0.15, -0.1) is 0 Å². The molecule has 4 aliphatic rings. The molecule has 4 fully saturated rings. The van der Waals surface area contributed by atoms with Crippen molar-refractivity contribution in [3.05, 3.63) is 96.1 Å². The molecular formula is C45H67FO9Si2. The number of esters is 2. The third-order valence-corrected chi connectivity index (χ3v) is 21.9. The van der Waals surface area contributed by atoms with Gasteiger partial charge in [-0.1, -0.05) is 98.5 Å². The van der Waals surface area contributed by atoms with Crippen molar-refractivity contribution in [2.75, 3.05) is 13.2 Å². The molecule has 2 saturated heterocycles. The molecule has 1 N–H and O–H groups in total. The number of benzene rings is 2. The van der Waals surface area contributed by atoms with E-state index in [0.717, 1.165) is 0 Å². The number of hydrogen-bond acceptors (Lipinski definition) is 9. The molecule has 9 nitrogen and oxygen atoms in total. The van der Waals surface area contributed by atoms with Gasteiger partial charge in [-0.2, -0.15) is 0 Å². The number of ether oxygens (including phenoxy) is 4. The maximum absolute atomic E-state index is 14.7. The number of carbonyl (C=O) groups excluding carboxylic acids is 2. The molecule has 8 atom stereocenters. The van der Waals surface area contributed by atoms with E-state index in [1.165, 1.54) is 0 Å². The minimum absolute atomic E-state index is 0. The molecule has 2 aromatic rings. The second-order valence-electron chi connectivity index (χ2n) is 18.8. The van der Waals surface area contributed by atoms with Gasteiger partial charge in [-0.3, -0.25) is 0 Å². The van der Waals surface area contributed by atoms with Crippen LogP contribution in [0.25, 0.3) is 0 Å². The highest BCUT2D eigenvalue weighted by atomic mass is 28.4. The van der Waals surface area contributed by atoms with Crippen molar-refractivity contribution in [1.29, 1.82) is 0 Å². The van der Waals surface area contributed by atoms with Gasteiger partial charge >= 0.3 is 11.9 Å². The van der Waals surface area contributed by atoms with Gasteiger partial charge in [0.25, 0.3) is 0 Å². The van der Waals surface area contributed by atoms with Crippen molar-refractivity contribution in [3.63, 3.8) is 0 Å². The van der Waals surface area contributed by atoms with Gasteiger partial charge in [-0.05, 0) is 71.7 Å². The smallest absolute Gasteiger partial charge is 0.338 e. The molecule has 12 heteroatoms. The average molecular weight is 827 g/mol. The van der Waals surface area contributed by atoms with Crippen molar-refractivity contribution in [2.45, 2.75) is 159 Å². The van der Waals surface area contributed by atoms with E-state index < -0.39 is 46.1 Å². The van der Waals surface area contributed by atoms with Crippen LogP contribution in [0.1, 0.15) is 95.4 Å². The van der Waals surface area contributed by atoms with Crippen LogP contribution in [0.3, 0.4) is 0 Å². The second-order valence-corrected chi connectivity index (χ2v) is 28.3. The Bertz CT molecular complexity index is 1610. The Morgan fingerprint density at radius 2 is 1.09 bits per heavy atom. The number of carbonyl (C=O) groups is 2. The van der Waals surface area contributed by atoms with Crippen molar-refractivity contribution in [3.8, 4) is 0 Å². The van der Waals surface area contributed by atoms with Crippen LogP contribution in [0.5, 0.6) is 0 Å². The molecule has 2 aliphatic heterocycles. The Kier molecular flexibility index (Phi) is 14.2. The lowest BCUT2D eigenvalue weighted by Gasteiger charge is -2.42. The first-order chi connectivity index (χ1) is 25.9. The highest BCUT2D eigenvalue weighted by Gasteiger charge is 2.65. The van der Waals surface area contributed by atoms with Gasteiger partial charge in [0, 0.05) is 25.7 Å². The van der Waals surface area contributed by atoms with Gasteiger partial charge in [0.15, 0.2) is 16.6 Å². The van der Waals surface area contributed by atoms with Gasteiger partial charge in [0.05, 0.1) is 29.4 Å². The van der Waals surface area contributed by atoms with E-state index in [2.05, 4.69) is 80.9 Å². The highest BCUT2D eigenvalue weighted by molar-refractivity contribution is 6.74. The quantitative estimate of drug-likeness (QED) is 0.108. The molecule has 2 saturated carbocycles. The number of halogens is 1. The molecule has 0 aromatic heterocycles. The van der Waals surface area contributed by atoms with Gasteiger partial charge in [0.2, 0.25) is 0 Å². The molecule has 6 rings (SSSR count). The van der Waals surface area contributed by atoms with E-state index in [1.54, 1.807) is 48.5 Å². The Morgan fingerprint density at radius 1 is 0.719 bits per heavy atom. The van der Waals surface area contributed by atoms with Crippen LogP contribution in [0, 0.1) is 0 Å². The zero-order chi connectivity index (χ0) is 41.5. The fraction of sp³-hybridized carbons (Fsp3) is 0.600. The summed E-state index contributed by atoms with van der Waals surface area (Å²) in [7, 11) is -3.98. The molecule has 0 amide bonds. The fourth-order valence-electron chi connectivity index (χ4n) is 7.10. The summed E-state index contributed by atoms with van der Waals surface area (Å²) >= 11 is 0. The summed E-state index contributed by atoms with van der Waals surface area (Å²) < 4.78 is 50.3. The average Bonchev–Trinajstić information content (AvgIpc) is 4.01. The normalized spacial score (nSPS) is 29.8. The highest BCUT2D eigenvalue weighted by Crippen LogP contribution is 2.54. The van der Waals surface area contributed by atoms with Crippen molar-refractivity contribution < 1.29 is 46.9 Å². The summed E-state index contributed by atoms with van der Waals surface area (Å²) in [6.07, 6.45) is -0.733. The van der Waals surface area contributed by atoms with E-state index in [-0.39, 0.29) is 61.1 Å². The van der Waals surface area contributed by atoms with E-state index >= 15 is 0 Å². The van der Waals surface area contributed by atoms with Crippen molar-refractivity contribution >= 4 is 28.6 Å². The Morgan fingerprint density at radius 3 is 1.47 bits per heavy atom. The molecule has 2 heterocycles. The molecule has 7 unspecified atom stereocenters. The molecule has 0 bridgehead atoms. The summed E-state index contributed by atoms with van der Waals surface area (Å²) in [5, 5.41) is 10.7. The molecule has 57 heavy (non-hydrogen) atoms. The fourth-order valence-corrected chi connectivity index (χ4v) is 9.83. The van der Waals surface area contributed by atoms with Crippen LogP contribution >= 0.6 is 0 Å². The number of rotatable bonds is 10. The lowest BCUT2D eigenvalue weighted by atomic mass is 9.79. The summed E-state index contributed by atoms with van der Waals surface area (Å²) in [4.78, 5) is 24.4. The molecule has 316 valence electrons. The van der Waals surface area contributed by atoms with Crippen LogP contribution < -0.4 is 0 Å². The molecule has 2 spiro atoms. The monoisotopic (exact) mass is 826 g/mol. The largest absolute Gasteiger partial charge is 0.459 e. The van der Waals surface area contributed by atoms with Gasteiger partial charge in [0.1, 0.15) is 42.8 Å². The van der Waals surface area contributed by atoms with E-state index in [1.807, 2.05) is 12.1 Å². The summed E-state index contributed by atoms with van der Waals surface area (Å²) in [6, 6.07) is 17.7. The number of alkyl halides is 1. The maximum atomic E-state index is 14.7. The van der Waals surface area contributed by atoms with Crippen LogP contribution in [-0.2, 0) is 27.8 Å². The van der Waals surface area contributed by atoms with Gasteiger partial charge < -0.3 is 32.9 Å². The van der Waals surface area contributed by atoms with E-state index in [4.69, 9.17) is 27.8 Å². The number of aliphatic hydroxyl groups is 1. The molecule has 2 aromatic carbocycles. The molecule has 2 aliphatic carbocycles. The molecule has 0 radical (unpaired) electrons. The van der Waals surface area contributed by atoms with Crippen LogP contribution in [0.15, 0.2) is 85.0 Å². The van der Waals surface area contributed by atoms with Crippen molar-refractivity contribution in [1.82, 2.24) is 0 Å². The van der Waals surface area contributed by atoms with Gasteiger partial charge in [-0.25, -0.2) is 14.0 Å². The summed E-state index contributed by atoms with van der Waals surface area (Å²) in [5.41, 5.74) is 0.691. The first-order valence-electron chi connectivity index (χ1n) is 19.8. The third-order valence-electron chi connectivity index (χ3n) is 12.8. The Labute approximate surface area is 342 Å². The van der Waals surface area contributed by atoms with Crippen LogP contribution in [0.4, 0.5) is 4.39 Å². The first-order valence-corrected chi connectivity index (χ1v) is 25.6. The van der Waals surface area contributed by atoms with Crippen LogP contribution in [-0.4, -0.2) is 94.8 Å². The zero-order valence-electron chi connectivity index (χ0n) is 35.0. The minimum Gasteiger partial charge on any atom is -0.459 e. The molecular weight excluding hydrogens is 760 g/mol. The second kappa shape index (κ2) is 17.3. The number of aliphatic hydroxyl groups excluding tert-OH is 1. The predicted octanol–water partition coefficient (Wildman–Crippen LogP) is 9.78. The predicted molar refractivity (Wildman–Crippen MR) is 227 cm³/mol. The first kappa shape index (κ1) is 46.7. The number of hydrogen-bond donors (Lipinski definition) is 1. The van der Waals surface area contributed by atoms with E-state index in [0.29, 0.717) is 48.0 Å². The third kappa shape index (κ3) is 10.4. The summed E-state index contributed by atoms with van der Waals surface area (Å²) in [6.45, 7) is 30.1. The standard InChI is InChI=1S/C22H31FO4Si.C22H32O5Si.CH4/c2*1-15-18(23)12-17(27-28(5,6)21(2,3)4)13-22(15)19(26-22)14-25-20(24)16-10-8-7-9-11-16;/h7-11,17-19H,1,12-14H2,2-6H3;7-11,17-19,23H,1,12-14H2,2-6H3;1H4/t17?,18-,19?,22?;;/m0../s1. The van der Waals surface area contributed by atoms with Crippen molar-refractivity contribution in [2.24, 2.45) is 0 Å². The Hall–Kier alpha value is -2.98. The Balaban J connectivity index is 0.000000248. The SMILES string of the molecule is C.C=C1C(O)CC(O[Si](C)(C)C(C)(C)C)CC12OC2COC(=O)c1ccccc1.C=C1[C@@H](F)CC(O[Si](C)(C)C(C)(C)C)CC12OC2COC(=O)c1ccccc1. The lowest BCUT2D eigenvalue weighted by Crippen LogP contribution is -2.49. The maximum Gasteiger partial charge on any atom is 0.338 e.